The molecule has 0 spiro atoms. The van der Waals surface area contributed by atoms with E-state index in [2.05, 4.69) is 111 Å². The molecular weight excluding hydrogens is 498 g/mol. The average Bonchev–Trinajstić information content (AvgIpc) is 2.97. The molecule has 2 saturated heterocycles. The Bertz CT molecular complexity index is 1110. The Labute approximate surface area is 236 Å². The standard InChI is InChI=1S/C34H45NO3Si/c1-34(2,3)39(31-15-6-4-7-16-31,32-17-8-5-9-18-32)38-30-20-23-35(24-21-30)29-14-12-13-28(27-29)22-26-37-33-19-10-11-25-36-33/h4-9,12-18,27,30,33H,10-11,19-26H2,1-3H3. The molecule has 2 aliphatic heterocycles. The highest BCUT2D eigenvalue weighted by atomic mass is 28.4. The van der Waals surface area contributed by atoms with Crippen molar-refractivity contribution in [1.29, 1.82) is 0 Å². The van der Waals surface area contributed by atoms with Crippen LogP contribution >= 0.6 is 0 Å². The van der Waals surface area contributed by atoms with Gasteiger partial charge in [-0.15, -0.1) is 0 Å². The van der Waals surface area contributed by atoms with Gasteiger partial charge in [0.25, 0.3) is 8.32 Å². The summed E-state index contributed by atoms with van der Waals surface area (Å²) in [5.74, 6) is 0. The molecule has 0 amide bonds. The summed E-state index contributed by atoms with van der Waals surface area (Å²) in [6, 6.07) is 31.0. The SMILES string of the molecule is CC(C)(C)[Si](OC1CCN(c2cccc(CCOC3CCCCO3)c2)CC1)(c1ccccc1)c1ccccc1. The van der Waals surface area contributed by atoms with Crippen LogP contribution < -0.4 is 15.3 Å². The Kier molecular flexibility index (Phi) is 9.23. The van der Waals surface area contributed by atoms with Crippen molar-refractivity contribution in [2.24, 2.45) is 0 Å². The lowest BCUT2D eigenvalue weighted by molar-refractivity contribution is -0.161. The molecule has 0 N–H and O–H groups in total. The number of ether oxygens (including phenoxy) is 2. The van der Waals surface area contributed by atoms with Crippen molar-refractivity contribution >= 4 is 24.4 Å². The lowest BCUT2D eigenvalue weighted by atomic mass is 10.1. The van der Waals surface area contributed by atoms with Crippen molar-refractivity contribution in [2.45, 2.75) is 76.7 Å². The summed E-state index contributed by atoms with van der Waals surface area (Å²) in [6.07, 6.45) is 6.60. The zero-order valence-corrected chi connectivity index (χ0v) is 25.0. The molecule has 39 heavy (non-hydrogen) atoms. The van der Waals surface area contributed by atoms with Gasteiger partial charge in [0, 0.05) is 31.5 Å². The van der Waals surface area contributed by atoms with Crippen LogP contribution in [0.5, 0.6) is 0 Å². The molecule has 3 aromatic carbocycles. The van der Waals surface area contributed by atoms with Gasteiger partial charge in [-0.1, -0.05) is 93.6 Å². The third kappa shape index (κ3) is 6.66. The zero-order chi connectivity index (χ0) is 27.1. The number of rotatable bonds is 9. The minimum atomic E-state index is -2.52. The Morgan fingerprint density at radius 1 is 0.821 bits per heavy atom. The molecule has 2 fully saturated rings. The van der Waals surface area contributed by atoms with Crippen LogP contribution in [0.1, 0.15) is 58.4 Å². The largest absolute Gasteiger partial charge is 0.404 e. The zero-order valence-electron chi connectivity index (χ0n) is 24.0. The maximum atomic E-state index is 7.42. The number of hydrogen-bond acceptors (Lipinski definition) is 4. The van der Waals surface area contributed by atoms with Gasteiger partial charge in [0.1, 0.15) is 0 Å². The molecule has 4 nitrogen and oxygen atoms in total. The van der Waals surface area contributed by atoms with Crippen molar-refractivity contribution < 1.29 is 13.9 Å². The number of hydrogen-bond donors (Lipinski definition) is 0. The van der Waals surface area contributed by atoms with E-state index in [1.54, 1.807) is 0 Å². The first kappa shape index (κ1) is 28.1. The molecule has 3 aromatic rings. The van der Waals surface area contributed by atoms with Gasteiger partial charge in [0.2, 0.25) is 0 Å². The topological polar surface area (TPSA) is 30.9 Å². The fourth-order valence-electron chi connectivity index (χ4n) is 6.23. The van der Waals surface area contributed by atoms with Gasteiger partial charge >= 0.3 is 0 Å². The van der Waals surface area contributed by atoms with Gasteiger partial charge in [0.05, 0.1) is 6.61 Å². The van der Waals surface area contributed by atoms with Gasteiger partial charge in [-0.25, -0.2) is 0 Å². The van der Waals surface area contributed by atoms with Crippen LogP contribution in [-0.4, -0.2) is 47.0 Å². The van der Waals surface area contributed by atoms with Crippen LogP contribution in [0.15, 0.2) is 84.9 Å². The van der Waals surface area contributed by atoms with Crippen molar-refractivity contribution in [3.8, 4) is 0 Å². The maximum Gasteiger partial charge on any atom is 0.261 e. The fourth-order valence-corrected chi connectivity index (χ4v) is 11.0. The Balaban J connectivity index is 1.25. The Morgan fingerprint density at radius 2 is 1.49 bits per heavy atom. The average molecular weight is 544 g/mol. The van der Waals surface area contributed by atoms with E-state index in [0.717, 1.165) is 51.8 Å². The number of nitrogens with zero attached hydrogens (tertiary/aromatic N) is 1. The van der Waals surface area contributed by atoms with E-state index in [1.807, 2.05) is 0 Å². The second kappa shape index (κ2) is 12.8. The molecule has 208 valence electrons. The molecule has 5 rings (SSSR count). The summed E-state index contributed by atoms with van der Waals surface area (Å²) in [5.41, 5.74) is 2.64. The number of piperidine rings is 1. The van der Waals surface area contributed by atoms with Crippen LogP contribution in [0, 0.1) is 0 Å². The third-order valence-electron chi connectivity index (χ3n) is 8.31. The molecule has 0 aromatic heterocycles. The summed E-state index contributed by atoms with van der Waals surface area (Å²) < 4.78 is 19.1. The quantitative estimate of drug-likeness (QED) is 0.296. The van der Waals surface area contributed by atoms with Crippen LogP contribution in [-0.2, 0) is 20.3 Å². The second-order valence-corrected chi connectivity index (χ2v) is 16.3. The van der Waals surface area contributed by atoms with E-state index >= 15 is 0 Å². The van der Waals surface area contributed by atoms with E-state index in [0.29, 0.717) is 6.61 Å². The lowest BCUT2D eigenvalue weighted by Crippen LogP contribution is -2.68. The summed E-state index contributed by atoms with van der Waals surface area (Å²) in [7, 11) is -2.52. The Hall–Kier alpha value is -2.44. The molecule has 0 aliphatic carbocycles. The van der Waals surface area contributed by atoms with Gasteiger partial charge in [-0.3, -0.25) is 0 Å². The van der Waals surface area contributed by atoms with Crippen molar-refractivity contribution in [1.82, 2.24) is 0 Å². The molecule has 0 bridgehead atoms. The van der Waals surface area contributed by atoms with E-state index in [-0.39, 0.29) is 17.4 Å². The molecule has 5 heteroatoms. The van der Waals surface area contributed by atoms with Crippen LogP contribution in [0.2, 0.25) is 5.04 Å². The van der Waals surface area contributed by atoms with Gasteiger partial charge < -0.3 is 18.8 Å². The summed E-state index contributed by atoms with van der Waals surface area (Å²) in [4.78, 5) is 2.53. The molecule has 1 unspecified atom stereocenters. The highest BCUT2D eigenvalue weighted by Crippen LogP contribution is 2.39. The van der Waals surface area contributed by atoms with E-state index in [9.17, 15) is 0 Å². The predicted molar refractivity (Wildman–Crippen MR) is 164 cm³/mol. The number of anilines is 1. The van der Waals surface area contributed by atoms with Gasteiger partial charge in [0.15, 0.2) is 6.29 Å². The van der Waals surface area contributed by atoms with Gasteiger partial charge in [-0.05, 0) is 71.6 Å². The molecular formula is C34H45NO3Si. The van der Waals surface area contributed by atoms with Gasteiger partial charge in [-0.2, -0.15) is 0 Å². The second-order valence-electron chi connectivity index (χ2n) is 12.1. The third-order valence-corrected chi connectivity index (χ3v) is 13.4. The molecule has 2 heterocycles. The highest BCUT2D eigenvalue weighted by molar-refractivity contribution is 6.99. The molecule has 1 atom stereocenters. The predicted octanol–water partition coefficient (Wildman–Crippen LogP) is 6.32. The molecule has 0 saturated carbocycles. The van der Waals surface area contributed by atoms with Crippen molar-refractivity contribution in [3.05, 3.63) is 90.5 Å². The van der Waals surface area contributed by atoms with Crippen LogP contribution in [0.25, 0.3) is 0 Å². The highest BCUT2D eigenvalue weighted by Gasteiger charge is 2.51. The smallest absolute Gasteiger partial charge is 0.261 e. The Morgan fingerprint density at radius 3 is 2.08 bits per heavy atom. The van der Waals surface area contributed by atoms with Crippen molar-refractivity contribution in [3.63, 3.8) is 0 Å². The first-order valence-electron chi connectivity index (χ1n) is 14.8. The number of benzene rings is 3. The normalized spacial score (nSPS) is 19.3. The molecule has 0 radical (unpaired) electrons. The summed E-state index contributed by atoms with van der Waals surface area (Å²) >= 11 is 0. The van der Waals surface area contributed by atoms with E-state index in [4.69, 9.17) is 13.9 Å². The minimum absolute atomic E-state index is 0.00586. The molecule has 2 aliphatic rings. The first-order valence-corrected chi connectivity index (χ1v) is 16.7. The minimum Gasteiger partial charge on any atom is -0.404 e. The lowest BCUT2D eigenvalue weighted by Gasteiger charge is -2.46. The van der Waals surface area contributed by atoms with Crippen LogP contribution in [0.4, 0.5) is 5.69 Å². The van der Waals surface area contributed by atoms with Crippen LogP contribution in [0.3, 0.4) is 0 Å². The monoisotopic (exact) mass is 543 g/mol. The van der Waals surface area contributed by atoms with Crippen molar-refractivity contribution in [2.75, 3.05) is 31.2 Å². The summed E-state index contributed by atoms with van der Waals surface area (Å²) in [6.45, 7) is 10.7. The summed E-state index contributed by atoms with van der Waals surface area (Å²) in [5, 5.41) is 2.73. The fraction of sp³-hybridized carbons (Fsp3) is 0.471. The van der Waals surface area contributed by atoms with E-state index in [1.165, 1.54) is 28.0 Å². The first-order chi connectivity index (χ1) is 19.0. The maximum absolute atomic E-state index is 7.42. The van der Waals surface area contributed by atoms with E-state index < -0.39 is 8.32 Å².